The number of carbonyl (C=O) groups excluding carboxylic acids is 1. The largest absolute Gasteiger partial charge is 0.508 e. The molecule has 0 saturated heterocycles. The number of thiophene rings is 1. The molecule has 0 aliphatic heterocycles. The number of phenolic OH excluding ortho intramolecular Hbond substituents is 1. The fourth-order valence-corrected chi connectivity index (χ4v) is 2.67. The van der Waals surface area contributed by atoms with Crippen LogP contribution in [-0.4, -0.2) is 18.2 Å². The van der Waals surface area contributed by atoms with E-state index in [0.29, 0.717) is 13.0 Å². The normalized spacial score (nSPS) is 12.1. The molecule has 1 aromatic heterocycles. The zero-order valence-electron chi connectivity index (χ0n) is 11.2. The summed E-state index contributed by atoms with van der Waals surface area (Å²) in [6.07, 6.45) is 0.301. The molecule has 20 heavy (non-hydrogen) atoms. The molecule has 0 aliphatic carbocycles. The summed E-state index contributed by atoms with van der Waals surface area (Å²) in [6, 6.07) is 10.9. The van der Waals surface area contributed by atoms with E-state index in [1.54, 1.807) is 23.5 Å². The van der Waals surface area contributed by atoms with Gasteiger partial charge in [-0.3, -0.25) is 4.79 Å². The van der Waals surface area contributed by atoms with Crippen LogP contribution in [0.25, 0.3) is 0 Å². The molecule has 1 atom stereocenters. The third-order valence-electron chi connectivity index (χ3n) is 2.97. The van der Waals surface area contributed by atoms with E-state index in [1.807, 2.05) is 29.6 Å². The van der Waals surface area contributed by atoms with Gasteiger partial charge in [-0.25, -0.2) is 0 Å². The van der Waals surface area contributed by atoms with Crippen molar-refractivity contribution in [2.75, 3.05) is 7.11 Å². The lowest BCUT2D eigenvalue weighted by Crippen LogP contribution is -2.23. The monoisotopic (exact) mass is 291 g/mol. The Balaban J connectivity index is 2.00. The minimum Gasteiger partial charge on any atom is -0.508 e. The molecule has 2 N–H and O–H groups in total. The lowest BCUT2D eigenvalue weighted by atomic mass is 10.1. The fraction of sp³-hybridized carbons (Fsp3) is 0.267. The summed E-state index contributed by atoms with van der Waals surface area (Å²) in [7, 11) is 1.40. The van der Waals surface area contributed by atoms with E-state index < -0.39 is 0 Å². The molecular formula is C15H17NO3S. The summed E-state index contributed by atoms with van der Waals surface area (Å²) in [6.45, 7) is 0.625. The Morgan fingerprint density at radius 3 is 2.70 bits per heavy atom. The van der Waals surface area contributed by atoms with E-state index in [-0.39, 0.29) is 17.8 Å². The molecule has 0 spiro atoms. The van der Waals surface area contributed by atoms with Gasteiger partial charge < -0.3 is 15.2 Å². The van der Waals surface area contributed by atoms with Crippen LogP contribution in [0.3, 0.4) is 0 Å². The van der Waals surface area contributed by atoms with Crippen LogP contribution in [0.5, 0.6) is 5.75 Å². The Kier molecular flexibility index (Phi) is 5.15. The molecule has 1 aromatic carbocycles. The summed E-state index contributed by atoms with van der Waals surface area (Å²) in [5.74, 6) is 0.0136. The van der Waals surface area contributed by atoms with Crippen LogP contribution in [-0.2, 0) is 16.1 Å². The predicted molar refractivity (Wildman–Crippen MR) is 78.6 cm³/mol. The van der Waals surface area contributed by atoms with E-state index in [2.05, 4.69) is 5.32 Å². The number of rotatable bonds is 6. The molecule has 2 rings (SSSR count). The smallest absolute Gasteiger partial charge is 0.307 e. The number of phenols is 1. The Morgan fingerprint density at radius 1 is 1.35 bits per heavy atom. The first kappa shape index (κ1) is 14.6. The van der Waals surface area contributed by atoms with Crippen molar-refractivity contribution in [3.63, 3.8) is 0 Å². The highest BCUT2D eigenvalue weighted by Crippen LogP contribution is 2.23. The number of nitrogens with one attached hydrogen (secondary N) is 1. The molecule has 0 saturated carbocycles. The molecule has 0 radical (unpaired) electrons. The summed E-state index contributed by atoms with van der Waals surface area (Å²) >= 11 is 1.61. The molecule has 0 bridgehead atoms. The number of esters is 1. The molecule has 4 nitrogen and oxygen atoms in total. The van der Waals surface area contributed by atoms with Gasteiger partial charge in [0, 0.05) is 11.4 Å². The zero-order chi connectivity index (χ0) is 14.4. The highest BCUT2D eigenvalue weighted by atomic mass is 32.1. The molecule has 0 fully saturated rings. The van der Waals surface area contributed by atoms with Gasteiger partial charge in [0.25, 0.3) is 0 Å². The predicted octanol–water partition coefficient (Wildman–Crippen LogP) is 2.85. The number of benzene rings is 1. The van der Waals surface area contributed by atoms with Crippen molar-refractivity contribution in [3.8, 4) is 5.75 Å². The molecule has 0 amide bonds. The maximum Gasteiger partial charge on any atom is 0.307 e. The third kappa shape index (κ3) is 4.08. The van der Waals surface area contributed by atoms with Crippen LogP contribution in [0.2, 0.25) is 0 Å². The van der Waals surface area contributed by atoms with E-state index in [9.17, 15) is 9.90 Å². The molecule has 2 aromatic rings. The summed E-state index contributed by atoms with van der Waals surface area (Å²) in [5.41, 5.74) is 1.05. The van der Waals surface area contributed by atoms with Gasteiger partial charge in [-0.1, -0.05) is 18.2 Å². The molecule has 5 heteroatoms. The van der Waals surface area contributed by atoms with Gasteiger partial charge in [-0.2, -0.15) is 0 Å². The number of hydrogen-bond acceptors (Lipinski definition) is 5. The first-order valence-corrected chi connectivity index (χ1v) is 7.18. The fourth-order valence-electron chi connectivity index (χ4n) is 1.87. The van der Waals surface area contributed by atoms with Gasteiger partial charge in [-0.05, 0) is 29.1 Å². The first-order chi connectivity index (χ1) is 9.69. The van der Waals surface area contributed by atoms with Gasteiger partial charge in [-0.15, -0.1) is 11.3 Å². The third-order valence-corrected chi connectivity index (χ3v) is 3.96. The van der Waals surface area contributed by atoms with Crippen LogP contribution in [0.4, 0.5) is 0 Å². The highest BCUT2D eigenvalue weighted by molar-refractivity contribution is 7.10. The van der Waals surface area contributed by atoms with E-state index in [4.69, 9.17) is 4.74 Å². The Bertz CT molecular complexity index is 537. The van der Waals surface area contributed by atoms with Crippen LogP contribution >= 0.6 is 11.3 Å². The van der Waals surface area contributed by atoms with Crippen molar-refractivity contribution in [3.05, 3.63) is 52.2 Å². The standard InChI is InChI=1S/C15H17NO3S/c1-19-15(18)9-13(14-3-2-8-20-14)16-10-11-4-6-12(17)7-5-11/h2-8,13,16-17H,9-10H2,1H3. The lowest BCUT2D eigenvalue weighted by molar-refractivity contribution is -0.141. The van der Waals surface area contributed by atoms with Crippen molar-refractivity contribution in [1.82, 2.24) is 5.32 Å². The van der Waals surface area contributed by atoms with E-state index >= 15 is 0 Å². The van der Waals surface area contributed by atoms with Gasteiger partial charge >= 0.3 is 5.97 Å². The number of methoxy groups -OCH3 is 1. The molecule has 106 valence electrons. The van der Waals surface area contributed by atoms with Crippen molar-refractivity contribution >= 4 is 17.3 Å². The molecular weight excluding hydrogens is 274 g/mol. The molecule has 1 unspecified atom stereocenters. The van der Waals surface area contributed by atoms with Crippen molar-refractivity contribution in [1.29, 1.82) is 0 Å². The number of carbonyl (C=O) groups is 1. The number of hydrogen-bond donors (Lipinski definition) is 2. The lowest BCUT2D eigenvalue weighted by Gasteiger charge is -2.16. The van der Waals surface area contributed by atoms with E-state index in [1.165, 1.54) is 7.11 Å². The van der Waals surface area contributed by atoms with Crippen molar-refractivity contribution in [2.45, 2.75) is 19.0 Å². The van der Waals surface area contributed by atoms with Gasteiger partial charge in [0.15, 0.2) is 0 Å². The van der Waals surface area contributed by atoms with Gasteiger partial charge in [0.1, 0.15) is 5.75 Å². The van der Waals surface area contributed by atoms with Gasteiger partial charge in [0.05, 0.1) is 19.6 Å². The Morgan fingerprint density at radius 2 is 2.10 bits per heavy atom. The maximum absolute atomic E-state index is 11.5. The second kappa shape index (κ2) is 7.07. The van der Waals surface area contributed by atoms with Gasteiger partial charge in [0.2, 0.25) is 0 Å². The average Bonchev–Trinajstić information content (AvgIpc) is 2.99. The number of ether oxygens (including phenoxy) is 1. The summed E-state index contributed by atoms with van der Waals surface area (Å²) in [5, 5.41) is 14.6. The second-order valence-electron chi connectivity index (χ2n) is 4.40. The average molecular weight is 291 g/mol. The van der Waals surface area contributed by atoms with Crippen molar-refractivity contribution < 1.29 is 14.6 Å². The summed E-state index contributed by atoms with van der Waals surface area (Å²) < 4.78 is 4.74. The van der Waals surface area contributed by atoms with Crippen LogP contribution in [0, 0.1) is 0 Å². The number of aromatic hydroxyl groups is 1. The Labute approximate surface area is 122 Å². The first-order valence-electron chi connectivity index (χ1n) is 6.30. The highest BCUT2D eigenvalue weighted by Gasteiger charge is 2.16. The van der Waals surface area contributed by atoms with Crippen LogP contribution in [0.15, 0.2) is 41.8 Å². The zero-order valence-corrected chi connectivity index (χ0v) is 12.0. The second-order valence-corrected chi connectivity index (χ2v) is 5.37. The topological polar surface area (TPSA) is 58.6 Å². The van der Waals surface area contributed by atoms with Crippen LogP contribution < -0.4 is 5.32 Å². The SMILES string of the molecule is COC(=O)CC(NCc1ccc(O)cc1)c1cccs1. The van der Waals surface area contributed by atoms with Crippen molar-refractivity contribution in [2.24, 2.45) is 0 Å². The molecule has 0 aliphatic rings. The minimum atomic E-state index is -0.235. The quantitative estimate of drug-likeness (QED) is 0.804. The Hall–Kier alpha value is -1.85. The van der Waals surface area contributed by atoms with Crippen LogP contribution in [0.1, 0.15) is 22.9 Å². The minimum absolute atomic E-state index is 0.0590. The maximum atomic E-state index is 11.5. The summed E-state index contributed by atoms with van der Waals surface area (Å²) in [4.78, 5) is 12.6. The molecule has 1 heterocycles. The van der Waals surface area contributed by atoms with E-state index in [0.717, 1.165) is 10.4 Å².